The van der Waals surface area contributed by atoms with E-state index in [0.29, 0.717) is 5.91 Å². The van der Waals surface area contributed by atoms with E-state index in [0.717, 1.165) is 68.6 Å². The molecule has 5 heteroatoms. The van der Waals surface area contributed by atoms with Crippen LogP contribution in [0.3, 0.4) is 0 Å². The highest BCUT2D eigenvalue weighted by Crippen LogP contribution is 2.28. The lowest BCUT2D eigenvalue weighted by Crippen LogP contribution is -2.45. The van der Waals surface area contributed by atoms with E-state index in [1.165, 1.54) is 12.8 Å². The Balaban J connectivity index is 1.53. The summed E-state index contributed by atoms with van der Waals surface area (Å²) in [5.74, 6) is 1.42. The maximum absolute atomic E-state index is 13.0. The number of anilines is 1. The zero-order chi connectivity index (χ0) is 17.1. The largest absolute Gasteiger partial charge is 0.355 e. The van der Waals surface area contributed by atoms with Gasteiger partial charge < -0.3 is 9.80 Å². The van der Waals surface area contributed by atoms with Crippen LogP contribution in [0.15, 0.2) is 30.6 Å². The fraction of sp³-hybridized carbons (Fsp3) is 0.550. The first-order valence-corrected chi connectivity index (χ1v) is 9.56. The van der Waals surface area contributed by atoms with Crippen LogP contribution in [0.4, 0.5) is 5.82 Å². The zero-order valence-electron chi connectivity index (χ0n) is 14.7. The number of carbonyl (C=O) groups is 1. The van der Waals surface area contributed by atoms with Crippen LogP contribution < -0.4 is 4.90 Å². The van der Waals surface area contributed by atoms with Crippen molar-refractivity contribution in [2.45, 2.75) is 38.5 Å². The summed E-state index contributed by atoms with van der Waals surface area (Å²) in [7, 11) is 0. The molecular formula is C20H26N4O. The monoisotopic (exact) mass is 338 g/mol. The van der Waals surface area contributed by atoms with Crippen molar-refractivity contribution in [1.82, 2.24) is 14.9 Å². The van der Waals surface area contributed by atoms with Crippen LogP contribution in [0.2, 0.25) is 0 Å². The topological polar surface area (TPSA) is 49.3 Å². The molecule has 1 aromatic heterocycles. The van der Waals surface area contributed by atoms with Crippen molar-refractivity contribution in [1.29, 1.82) is 0 Å². The standard InChI is InChI=1S/C20H26N4O/c25-20(23-11-5-1-2-6-12-23)16-8-7-13-24(14-16)19-17-9-3-4-10-18(17)21-15-22-19/h3-4,9-10,15-16H,1-2,5-8,11-14H2. The van der Waals surface area contributed by atoms with Crippen LogP contribution in [0.1, 0.15) is 38.5 Å². The fourth-order valence-electron chi connectivity index (χ4n) is 4.16. The van der Waals surface area contributed by atoms with Gasteiger partial charge in [-0.3, -0.25) is 4.79 Å². The van der Waals surface area contributed by atoms with Gasteiger partial charge in [-0.15, -0.1) is 0 Å². The van der Waals surface area contributed by atoms with Gasteiger partial charge in [-0.05, 0) is 37.8 Å². The maximum Gasteiger partial charge on any atom is 0.227 e. The van der Waals surface area contributed by atoms with Gasteiger partial charge in [0.25, 0.3) is 0 Å². The fourth-order valence-corrected chi connectivity index (χ4v) is 4.16. The van der Waals surface area contributed by atoms with Crippen molar-refractivity contribution in [2.24, 2.45) is 5.92 Å². The summed E-state index contributed by atoms with van der Waals surface area (Å²) >= 11 is 0. The Morgan fingerprint density at radius 2 is 1.76 bits per heavy atom. The molecule has 2 saturated heterocycles. The molecule has 0 spiro atoms. The van der Waals surface area contributed by atoms with Crippen molar-refractivity contribution in [3.05, 3.63) is 30.6 Å². The number of benzene rings is 1. The number of carbonyl (C=O) groups excluding carboxylic acids is 1. The molecule has 132 valence electrons. The van der Waals surface area contributed by atoms with E-state index < -0.39 is 0 Å². The van der Waals surface area contributed by atoms with Crippen molar-refractivity contribution in [3.8, 4) is 0 Å². The number of amides is 1. The van der Waals surface area contributed by atoms with Crippen LogP contribution in [-0.4, -0.2) is 47.0 Å². The number of fused-ring (bicyclic) bond motifs is 1. The number of nitrogens with zero attached hydrogens (tertiary/aromatic N) is 4. The number of piperidine rings is 1. The first kappa shape index (κ1) is 16.3. The second-order valence-electron chi connectivity index (χ2n) is 7.24. The number of aromatic nitrogens is 2. The van der Waals surface area contributed by atoms with Crippen LogP contribution in [0, 0.1) is 5.92 Å². The average Bonchev–Trinajstić information content (AvgIpc) is 2.96. The number of rotatable bonds is 2. The van der Waals surface area contributed by atoms with Crippen LogP contribution >= 0.6 is 0 Å². The van der Waals surface area contributed by atoms with E-state index >= 15 is 0 Å². The van der Waals surface area contributed by atoms with Gasteiger partial charge in [0, 0.05) is 31.6 Å². The lowest BCUT2D eigenvalue weighted by atomic mass is 9.96. The molecule has 0 bridgehead atoms. The van der Waals surface area contributed by atoms with Gasteiger partial charge in [-0.1, -0.05) is 25.0 Å². The first-order valence-electron chi connectivity index (χ1n) is 9.56. The molecule has 1 amide bonds. The van der Waals surface area contributed by atoms with Crippen molar-refractivity contribution < 1.29 is 4.79 Å². The Morgan fingerprint density at radius 3 is 2.60 bits per heavy atom. The Kier molecular flexibility index (Phi) is 4.81. The summed E-state index contributed by atoms with van der Waals surface area (Å²) in [4.78, 5) is 26.3. The van der Waals surface area contributed by atoms with Gasteiger partial charge in [-0.25, -0.2) is 9.97 Å². The van der Waals surface area contributed by atoms with Crippen LogP contribution in [0.5, 0.6) is 0 Å². The molecule has 2 aliphatic heterocycles. The van der Waals surface area contributed by atoms with E-state index in [1.54, 1.807) is 6.33 Å². The van der Waals surface area contributed by atoms with Gasteiger partial charge in [0.1, 0.15) is 12.1 Å². The molecule has 0 radical (unpaired) electrons. The quantitative estimate of drug-likeness (QED) is 0.843. The van der Waals surface area contributed by atoms with Gasteiger partial charge in [0.15, 0.2) is 0 Å². The molecule has 1 aromatic carbocycles. The minimum absolute atomic E-state index is 0.0978. The third-order valence-corrected chi connectivity index (χ3v) is 5.51. The summed E-state index contributed by atoms with van der Waals surface area (Å²) in [5, 5.41) is 1.08. The summed E-state index contributed by atoms with van der Waals surface area (Å²) in [5.41, 5.74) is 0.966. The SMILES string of the molecule is O=C(C1CCCN(c2ncnc3ccccc23)C1)N1CCCCCC1. The van der Waals surface area contributed by atoms with Crippen molar-refractivity contribution in [2.75, 3.05) is 31.1 Å². The number of hydrogen-bond donors (Lipinski definition) is 0. The van der Waals surface area contributed by atoms with Crippen molar-refractivity contribution in [3.63, 3.8) is 0 Å². The van der Waals surface area contributed by atoms with Crippen molar-refractivity contribution >= 4 is 22.6 Å². The summed E-state index contributed by atoms with van der Waals surface area (Å²) < 4.78 is 0. The Bertz CT molecular complexity index is 734. The lowest BCUT2D eigenvalue weighted by molar-refractivity contribution is -0.135. The molecule has 3 heterocycles. The summed E-state index contributed by atoms with van der Waals surface area (Å²) in [6.45, 7) is 3.61. The van der Waals surface area contributed by atoms with E-state index in [9.17, 15) is 4.79 Å². The van der Waals surface area contributed by atoms with E-state index in [1.807, 2.05) is 18.2 Å². The van der Waals surface area contributed by atoms with E-state index in [2.05, 4.69) is 25.8 Å². The zero-order valence-corrected chi connectivity index (χ0v) is 14.7. The molecule has 0 saturated carbocycles. The molecule has 2 aromatic rings. The molecular weight excluding hydrogens is 312 g/mol. The minimum Gasteiger partial charge on any atom is -0.355 e. The molecule has 0 aliphatic carbocycles. The number of likely N-dealkylation sites (tertiary alicyclic amines) is 1. The molecule has 0 N–H and O–H groups in total. The Hall–Kier alpha value is -2.17. The predicted octanol–water partition coefficient (Wildman–Crippen LogP) is 3.25. The maximum atomic E-state index is 13.0. The number of hydrogen-bond acceptors (Lipinski definition) is 4. The van der Waals surface area contributed by atoms with Crippen LogP contribution in [-0.2, 0) is 4.79 Å². The third kappa shape index (κ3) is 3.46. The molecule has 5 nitrogen and oxygen atoms in total. The second kappa shape index (κ2) is 7.38. The molecule has 2 fully saturated rings. The van der Waals surface area contributed by atoms with Gasteiger partial charge in [-0.2, -0.15) is 0 Å². The first-order chi connectivity index (χ1) is 12.3. The van der Waals surface area contributed by atoms with Gasteiger partial charge in [0.2, 0.25) is 5.91 Å². The normalized spacial score (nSPS) is 22.0. The van der Waals surface area contributed by atoms with E-state index in [-0.39, 0.29) is 5.92 Å². The van der Waals surface area contributed by atoms with Gasteiger partial charge >= 0.3 is 0 Å². The molecule has 1 atom stereocenters. The molecule has 25 heavy (non-hydrogen) atoms. The molecule has 2 aliphatic rings. The predicted molar refractivity (Wildman–Crippen MR) is 99.5 cm³/mol. The smallest absolute Gasteiger partial charge is 0.227 e. The second-order valence-corrected chi connectivity index (χ2v) is 7.24. The molecule has 4 rings (SSSR count). The Labute approximate surface area is 149 Å². The average molecular weight is 338 g/mol. The van der Waals surface area contributed by atoms with Crippen LogP contribution in [0.25, 0.3) is 10.9 Å². The minimum atomic E-state index is 0.0978. The highest BCUT2D eigenvalue weighted by Gasteiger charge is 2.30. The highest BCUT2D eigenvalue weighted by molar-refractivity contribution is 5.89. The summed E-state index contributed by atoms with van der Waals surface area (Å²) in [6.07, 6.45) is 8.49. The summed E-state index contributed by atoms with van der Waals surface area (Å²) in [6, 6.07) is 8.12. The van der Waals surface area contributed by atoms with Gasteiger partial charge in [0.05, 0.1) is 11.4 Å². The molecule has 1 unspecified atom stereocenters. The number of para-hydroxylation sites is 1. The highest BCUT2D eigenvalue weighted by atomic mass is 16.2. The lowest BCUT2D eigenvalue weighted by Gasteiger charge is -2.35. The van der Waals surface area contributed by atoms with E-state index in [4.69, 9.17) is 0 Å². The third-order valence-electron chi connectivity index (χ3n) is 5.51. The Morgan fingerprint density at radius 1 is 0.960 bits per heavy atom.